The van der Waals surface area contributed by atoms with Gasteiger partial charge in [0, 0.05) is 23.8 Å². The minimum absolute atomic E-state index is 0.239. The van der Waals surface area contributed by atoms with Crippen LogP contribution in [0.25, 0.3) is 0 Å². The van der Waals surface area contributed by atoms with Crippen LogP contribution in [-0.4, -0.2) is 31.6 Å². The van der Waals surface area contributed by atoms with Gasteiger partial charge in [0.25, 0.3) is 0 Å². The Labute approximate surface area is 135 Å². The Hall–Kier alpha value is -0.510. The maximum Gasteiger partial charge on any atom is 0.0518 e. The summed E-state index contributed by atoms with van der Waals surface area (Å²) in [5.41, 5.74) is 1.64. The zero-order valence-electron chi connectivity index (χ0n) is 14.2. The van der Waals surface area contributed by atoms with Gasteiger partial charge in [-0.05, 0) is 49.9 Å². The highest BCUT2D eigenvalue weighted by Gasteiger charge is 2.12. The van der Waals surface area contributed by atoms with Gasteiger partial charge < -0.3 is 10.1 Å². The molecule has 1 aromatic carbocycles. The van der Waals surface area contributed by atoms with Crippen LogP contribution in [0.2, 0.25) is 0 Å². The van der Waals surface area contributed by atoms with Crippen LogP contribution in [0.5, 0.6) is 0 Å². The molecule has 2 nitrogen and oxygen atoms in total. The van der Waals surface area contributed by atoms with E-state index in [1.807, 2.05) is 11.8 Å². The average Bonchev–Trinajstić information content (AvgIpc) is 2.41. The summed E-state index contributed by atoms with van der Waals surface area (Å²) in [7, 11) is 0. The van der Waals surface area contributed by atoms with Crippen molar-refractivity contribution in [2.45, 2.75) is 57.5 Å². The molecule has 0 aliphatic carbocycles. The molecule has 0 atom stereocenters. The summed E-state index contributed by atoms with van der Waals surface area (Å²) >= 11 is 1.91. The molecule has 1 rings (SSSR count). The van der Waals surface area contributed by atoms with Crippen molar-refractivity contribution in [1.29, 1.82) is 0 Å². The lowest BCUT2D eigenvalue weighted by Gasteiger charge is -2.19. The van der Waals surface area contributed by atoms with Crippen LogP contribution in [0.15, 0.2) is 29.2 Å². The zero-order chi connectivity index (χ0) is 15.7. The lowest BCUT2D eigenvalue weighted by molar-refractivity contribution is 0.0772. The molecular weight excluding hydrogens is 278 g/mol. The van der Waals surface area contributed by atoms with E-state index in [1.165, 1.54) is 10.5 Å². The highest BCUT2D eigenvalue weighted by molar-refractivity contribution is 7.99. The molecular formula is C18H31NOS. The van der Waals surface area contributed by atoms with Gasteiger partial charge in [0.15, 0.2) is 0 Å². The number of nitrogens with one attached hydrogen (secondary N) is 1. The predicted molar refractivity (Wildman–Crippen MR) is 94.4 cm³/mol. The standard InChI is InChI=1S/C18H31NOS/c1-15(2)20-13-6-11-19-12-14-21-17-9-7-16(8-10-17)18(3,4)5/h7-10,15,19H,6,11-14H2,1-5H3. The van der Waals surface area contributed by atoms with Crippen molar-refractivity contribution in [2.75, 3.05) is 25.4 Å². The molecule has 1 aromatic rings. The van der Waals surface area contributed by atoms with E-state index >= 15 is 0 Å². The Morgan fingerprint density at radius 1 is 1.10 bits per heavy atom. The SMILES string of the molecule is CC(C)OCCCNCCSc1ccc(C(C)(C)C)cc1. The molecule has 0 aromatic heterocycles. The Kier molecular flexibility index (Phi) is 8.38. The molecule has 3 heteroatoms. The molecule has 0 bridgehead atoms. The lowest BCUT2D eigenvalue weighted by Crippen LogP contribution is -2.20. The number of rotatable bonds is 9. The number of hydrogen-bond donors (Lipinski definition) is 1. The third-order valence-corrected chi connectivity index (χ3v) is 4.23. The molecule has 0 radical (unpaired) electrons. The molecule has 120 valence electrons. The van der Waals surface area contributed by atoms with Gasteiger partial charge in [0.05, 0.1) is 6.10 Å². The first-order chi connectivity index (χ1) is 9.89. The second-order valence-electron chi connectivity index (χ2n) is 6.65. The number of benzene rings is 1. The molecule has 0 unspecified atom stereocenters. The summed E-state index contributed by atoms with van der Waals surface area (Å²) in [4.78, 5) is 1.35. The first-order valence-corrected chi connectivity index (χ1v) is 8.94. The van der Waals surface area contributed by atoms with E-state index in [-0.39, 0.29) is 5.41 Å². The van der Waals surface area contributed by atoms with E-state index in [4.69, 9.17) is 4.74 Å². The van der Waals surface area contributed by atoms with Gasteiger partial charge in [-0.25, -0.2) is 0 Å². The van der Waals surface area contributed by atoms with Crippen molar-refractivity contribution in [1.82, 2.24) is 5.32 Å². The average molecular weight is 310 g/mol. The van der Waals surface area contributed by atoms with Crippen molar-refractivity contribution in [3.63, 3.8) is 0 Å². The first-order valence-electron chi connectivity index (χ1n) is 7.95. The fraction of sp³-hybridized carbons (Fsp3) is 0.667. The van der Waals surface area contributed by atoms with Crippen molar-refractivity contribution in [3.05, 3.63) is 29.8 Å². The van der Waals surface area contributed by atoms with E-state index in [9.17, 15) is 0 Å². The Balaban J connectivity index is 2.10. The Morgan fingerprint density at radius 2 is 1.76 bits per heavy atom. The van der Waals surface area contributed by atoms with Crippen molar-refractivity contribution >= 4 is 11.8 Å². The molecule has 0 spiro atoms. The van der Waals surface area contributed by atoms with Crippen LogP contribution in [0.4, 0.5) is 0 Å². The minimum Gasteiger partial charge on any atom is -0.379 e. The monoisotopic (exact) mass is 309 g/mol. The van der Waals surface area contributed by atoms with E-state index in [0.29, 0.717) is 6.10 Å². The fourth-order valence-corrected chi connectivity index (χ4v) is 2.74. The quantitative estimate of drug-likeness (QED) is 0.537. The van der Waals surface area contributed by atoms with Crippen molar-refractivity contribution in [3.8, 4) is 0 Å². The lowest BCUT2D eigenvalue weighted by atomic mass is 9.87. The fourth-order valence-electron chi connectivity index (χ4n) is 1.93. The molecule has 1 N–H and O–H groups in total. The highest BCUT2D eigenvalue weighted by Crippen LogP contribution is 2.25. The molecule has 0 amide bonds. The number of ether oxygens (including phenoxy) is 1. The van der Waals surface area contributed by atoms with Crippen LogP contribution in [-0.2, 0) is 10.2 Å². The predicted octanol–water partition coefficient (Wildman–Crippen LogP) is 4.48. The minimum atomic E-state index is 0.239. The van der Waals surface area contributed by atoms with E-state index in [0.717, 1.165) is 31.9 Å². The van der Waals surface area contributed by atoms with Gasteiger partial charge in [0.1, 0.15) is 0 Å². The topological polar surface area (TPSA) is 21.3 Å². The summed E-state index contributed by atoms with van der Waals surface area (Å²) in [5, 5.41) is 3.46. The van der Waals surface area contributed by atoms with Crippen LogP contribution in [0, 0.1) is 0 Å². The zero-order valence-corrected chi connectivity index (χ0v) is 15.1. The summed E-state index contributed by atoms with van der Waals surface area (Å²) in [5.74, 6) is 1.11. The Bertz CT molecular complexity index is 381. The maximum absolute atomic E-state index is 5.51. The molecule has 21 heavy (non-hydrogen) atoms. The molecule has 0 fully saturated rings. The molecule has 0 heterocycles. The van der Waals surface area contributed by atoms with Gasteiger partial charge in [-0.2, -0.15) is 0 Å². The molecule has 0 aliphatic heterocycles. The van der Waals surface area contributed by atoms with Gasteiger partial charge in [0.2, 0.25) is 0 Å². The summed E-state index contributed by atoms with van der Waals surface area (Å²) in [6.45, 7) is 13.9. The molecule has 0 aliphatic rings. The smallest absolute Gasteiger partial charge is 0.0518 e. The summed E-state index contributed by atoms with van der Waals surface area (Å²) in [6.07, 6.45) is 1.43. The third kappa shape index (κ3) is 8.50. The van der Waals surface area contributed by atoms with E-state index < -0.39 is 0 Å². The number of hydrogen-bond acceptors (Lipinski definition) is 3. The summed E-state index contributed by atoms with van der Waals surface area (Å²) in [6, 6.07) is 8.97. The van der Waals surface area contributed by atoms with Crippen molar-refractivity contribution < 1.29 is 4.74 Å². The summed E-state index contributed by atoms with van der Waals surface area (Å²) < 4.78 is 5.51. The second-order valence-corrected chi connectivity index (χ2v) is 7.81. The van der Waals surface area contributed by atoms with Crippen LogP contribution in [0.1, 0.15) is 46.6 Å². The van der Waals surface area contributed by atoms with Crippen LogP contribution >= 0.6 is 11.8 Å². The number of thioether (sulfide) groups is 1. The van der Waals surface area contributed by atoms with E-state index in [2.05, 4.69) is 64.2 Å². The van der Waals surface area contributed by atoms with Gasteiger partial charge in [-0.15, -0.1) is 11.8 Å². The first kappa shape index (κ1) is 18.5. The van der Waals surface area contributed by atoms with Gasteiger partial charge in [-0.3, -0.25) is 0 Å². The maximum atomic E-state index is 5.51. The van der Waals surface area contributed by atoms with Crippen LogP contribution < -0.4 is 5.32 Å². The second kappa shape index (κ2) is 9.50. The third-order valence-electron chi connectivity index (χ3n) is 3.22. The molecule has 0 saturated heterocycles. The van der Waals surface area contributed by atoms with E-state index in [1.54, 1.807) is 0 Å². The Morgan fingerprint density at radius 3 is 2.33 bits per heavy atom. The highest BCUT2D eigenvalue weighted by atomic mass is 32.2. The van der Waals surface area contributed by atoms with Crippen LogP contribution in [0.3, 0.4) is 0 Å². The normalized spacial score (nSPS) is 12.1. The van der Waals surface area contributed by atoms with Gasteiger partial charge in [-0.1, -0.05) is 32.9 Å². The largest absolute Gasteiger partial charge is 0.379 e. The van der Waals surface area contributed by atoms with Crippen molar-refractivity contribution in [2.24, 2.45) is 0 Å². The molecule has 0 saturated carbocycles. The van der Waals surface area contributed by atoms with Gasteiger partial charge >= 0.3 is 0 Å².